The predicted molar refractivity (Wildman–Crippen MR) is 44.6 cm³/mol. The van der Waals surface area contributed by atoms with Crippen LogP contribution in [0.4, 0.5) is 4.79 Å². The second-order valence-electron chi connectivity index (χ2n) is 2.32. The topological polar surface area (TPSA) is 79.3 Å². The van der Waals surface area contributed by atoms with Crippen LogP contribution in [0.2, 0.25) is 0 Å². The number of ketones is 1. The number of aromatic nitrogens is 1. The highest BCUT2D eigenvalue weighted by Crippen LogP contribution is 1.95. The molecule has 1 rings (SSSR count). The maximum atomic E-state index is 11.2. The van der Waals surface area contributed by atoms with Crippen LogP contribution in [0.25, 0.3) is 0 Å². The first-order valence-corrected chi connectivity index (χ1v) is 3.60. The van der Waals surface area contributed by atoms with Crippen LogP contribution in [0.1, 0.15) is 10.4 Å². The molecule has 68 valence electrons. The maximum Gasteiger partial charge on any atom is 0.405 e. The van der Waals surface area contributed by atoms with E-state index in [1.165, 1.54) is 6.20 Å². The van der Waals surface area contributed by atoms with Crippen LogP contribution in [0.5, 0.6) is 0 Å². The molecule has 0 saturated carbocycles. The van der Waals surface area contributed by atoms with Crippen LogP contribution in [-0.4, -0.2) is 28.5 Å². The normalized spacial score (nSPS) is 9.23. The lowest BCUT2D eigenvalue weighted by atomic mass is 10.2. The van der Waals surface area contributed by atoms with Gasteiger partial charge in [0.15, 0.2) is 5.78 Å². The van der Waals surface area contributed by atoms with Crippen LogP contribution in [0.3, 0.4) is 0 Å². The average Bonchev–Trinajstić information content (AvgIpc) is 2.15. The zero-order valence-corrected chi connectivity index (χ0v) is 6.73. The molecule has 0 aromatic carbocycles. The summed E-state index contributed by atoms with van der Waals surface area (Å²) in [6, 6.07) is 3.20. The van der Waals surface area contributed by atoms with Gasteiger partial charge in [0.05, 0.1) is 6.54 Å². The third-order valence-electron chi connectivity index (χ3n) is 1.38. The van der Waals surface area contributed by atoms with E-state index in [0.29, 0.717) is 5.56 Å². The van der Waals surface area contributed by atoms with E-state index >= 15 is 0 Å². The van der Waals surface area contributed by atoms with Crippen molar-refractivity contribution in [2.75, 3.05) is 6.54 Å². The second-order valence-corrected chi connectivity index (χ2v) is 2.32. The summed E-state index contributed by atoms with van der Waals surface area (Å²) in [5.41, 5.74) is 0.399. The van der Waals surface area contributed by atoms with Gasteiger partial charge in [-0.05, 0) is 12.1 Å². The van der Waals surface area contributed by atoms with Crippen molar-refractivity contribution in [2.24, 2.45) is 0 Å². The molecular formula is C8H8N2O3. The summed E-state index contributed by atoms with van der Waals surface area (Å²) >= 11 is 0. The molecule has 0 spiro atoms. The minimum atomic E-state index is -1.21. The van der Waals surface area contributed by atoms with Crippen molar-refractivity contribution in [1.82, 2.24) is 10.3 Å². The van der Waals surface area contributed by atoms with E-state index in [1.807, 2.05) is 5.32 Å². The largest absolute Gasteiger partial charge is 0.465 e. The highest BCUT2D eigenvalue weighted by atomic mass is 16.4. The third kappa shape index (κ3) is 2.90. The zero-order chi connectivity index (χ0) is 9.68. The molecule has 0 fully saturated rings. The summed E-state index contributed by atoms with van der Waals surface area (Å²) < 4.78 is 0. The van der Waals surface area contributed by atoms with Crippen molar-refractivity contribution in [3.8, 4) is 0 Å². The molecule has 5 nitrogen and oxygen atoms in total. The first-order chi connectivity index (χ1) is 6.20. The number of carbonyl (C=O) groups excluding carboxylic acids is 1. The third-order valence-corrected chi connectivity index (χ3v) is 1.38. The lowest BCUT2D eigenvalue weighted by Crippen LogP contribution is -2.27. The van der Waals surface area contributed by atoms with Crippen LogP contribution in [0, 0.1) is 0 Å². The van der Waals surface area contributed by atoms with E-state index in [-0.39, 0.29) is 12.3 Å². The van der Waals surface area contributed by atoms with Gasteiger partial charge < -0.3 is 10.4 Å². The van der Waals surface area contributed by atoms with Gasteiger partial charge in [-0.3, -0.25) is 9.78 Å². The summed E-state index contributed by atoms with van der Waals surface area (Å²) in [6.07, 6.45) is 1.73. The summed E-state index contributed by atoms with van der Waals surface area (Å²) in [5, 5.41) is 10.2. The van der Waals surface area contributed by atoms with E-state index in [2.05, 4.69) is 4.98 Å². The van der Waals surface area contributed by atoms with Crippen LogP contribution >= 0.6 is 0 Å². The van der Waals surface area contributed by atoms with Crippen molar-refractivity contribution >= 4 is 11.9 Å². The van der Waals surface area contributed by atoms with Gasteiger partial charge in [-0.2, -0.15) is 0 Å². The Kier molecular flexibility index (Phi) is 2.97. The van der Waals surface area contributed by atoms with Crippen molar-refractivity contribution in [1.29, 1.82) is 0 Å². The number of nitrogens with one attached hydrogen (secondary N) is 1. The Labute approximate surface area is 74.4 Å². The molecule has 0 saturated heterocycles. The molecule has 1 heterocycles. The standard InChI is InChI=1S/C8H8N2O3/c11-7(5-10-8(12)13)6-2-1-3-9-4-6/h1-4,10H,5H2,(H,12,13). The van der Waals surface area contributed by atoms with Crippen molar-refractivity contribution in [3.63, 3.8) is 0 Å². The number of carboxylic acid groups (broad SMARTS) is 1. The summed E-state index contributed by atoms with van der Waals surface area (Å²) in [5.74, 6) is -0.296. The zero-order valence-electron chi connectivity index (χ0n) is 6.73. The number of hydrogen-bond donors (Lipinski definition) is 2. The molecule has 0 radical (unpaired) electrons. The van der Waals surface area contributed by atoms with Crippen molar-refractivity contribution in [2.45, 2.75) is 0 Å². The lowest BCUT2D eigenvalue weighted by molar-refractivity contribution is 0.0986. The minimum Gasteiger partial charge on any atom is -0.465 e. The summed E-state index contributed by atoms with van der Waals surface area (Å²) in [6.45, 7) is -0.221. The highest BCUT2D eigenvalue weighted by Gasteiger charge is 2.05. The number of nitrogens with zero attached hydrogens (tertiary/aromatic N) is 1. The molecule has 1 aromatic rings. The van der Waals surface area contributed by atoms with Gasteiger partial charge in [-0.15, -0.1) is 0 Å². The van der Waals surface area contributed by atoms with Gasteiger partial charge in [0.2, 0.25) is 0 Å². The molecule has 0 aliphatic heterocycles. The molecular weight excluding hydrogens is 172 g/mol. The molecule has 13 heavy (non-hydrogen) atoms. The van der Waals surface area contributed by atoms with Crippen LogP contribution in [-0.2, 0) is 0 Å². The second kappa shape index (κ2) is 4.20. The van der Waals surface area contributed by atoms with Gasteiger partial charge in [-0.1, -0.05) is 0 Å². The quantitative estimate of drug-likeness (QED) is 0.665. The molecule has 0 aliphatic rings. The van der Waals surface area contributed by atoms with E-state index in [1.54, 1.807) is 18.3 Å². The minimum absolute atomic E-state index is 0.221. The van der Waals surface area contributed by atoms with Gasteiger partial charge in [-0.25, -0.2) is 4.79 Å². The Morgan fingerprint density at radius 1 is 1.54 bits per heavy atom. The fraction of sp³-hybridized carbons (Fsp3) is 0.125. The van der Waals surface area contributed by atoms with E-state index in [9.17, 15) is 9.59 Å². The van der Waals surface area contributed by atoms with Crippen LogP contribution in [0.15, 0.2) is 24.5 Å². The Hall–Kier alpha value is -1.91. The first kappa shape index (κ1) is 9.18. The Balaban J connectivity index is 2.54. The molecule has 0 unspecified atom stereocenters. The van der Waals surface area contributed by atoms with Crippen molar-refractivity contribution < 1.29 is 14.7 Å². The van der Waals surface area contributed by atoms with E-state index in [4.69, 9.17) is 5.11 Å². The lowest BCUT2D eigenvalue weighted by Gasteiger charge is -1.99. The molecule has 0 atom stereocenters. The Bertz CT molecular complexity index is 310. The molecule has 1 amide bonds. The predicted octanol–water partition coefficient (Wildman–Crippen LogP) is 0.532. The molecule has 5 heteroatoms. The number of rotatable bonds is 3. The Morgan fingerprint density at radius 2 is 2.31 bits per heavy atom. The fourth-order valence-corrected chi connectivity index (χ4v) is 0.786. The molecule has 0 aliphatic carbocycles. The van der Waals surface area contributed by atoms with Gasteiger partial charge >= 0.3 is 6.09 Å². The monoisotopic (exact) mass is 180 g/mol. The SMILES string of the molecule is O=C(O)NCC(=O)c1cccnc1. The average molecular weight is 180 g/mol. The molecule has 0 bridgehead atoms. The molecule has 2 N–H and O–H groups in total. The van der Waals surface area contributed by atoms with E-state index < -0.39 is 6.09 Å². The number of Topliss-reactive ketones (excluding diaryl/α,β-unsaturated/α-hetero) is 1. The summed E-state index contributed by atoms with van der Waals surface area (Å²) in [7, 11) is 0. The maximum absolute atomic E-state index is 11.2. The number of pyridine rings is 1. The number of amides is 1. The van der Waals surface area contributed by atoms with Gasteiger partial charge in [0, 0.05) is 18.0 Å². The highest BCUT2D eigenvalue weighted by molar-refractivity contribution is 5.98. The smallest absolute Gasteiger partial charge is 0.405 e. The number of hydrogen-bond acceptors (Lipinski definition) is 3. The Morgan fingerprint density at radius 3 is 2.85 bits per heavy atom. The molecule has 1 aromatic heterocycles. The summed E-state index contributed by atoms with van der Waals surface area (Å²) in [4.78, 5) is 25.0. The fourth-order valence-electron chi connectivity index (χ4n) is 0.786. The van der Waals surface area contributed by atoms with Gasteiger partial charge in [0.1, 0.15) is 0 Å². The van der Waals surface area contributed by atoms with E-state index in [0.717, 1.165) is 0 Å². The van der Waals surface area contributed by atoms with Crippen LogP contribution < -0.4 is 5.32 Å². The van der Waals surface area contributed by atoms with Crippen molar-refractivity contribution in [3.05, 3.63) is 30.1 Å². The first-order valence-electron chi connectivity index (χ1n) is 3.60. The number of carbonyl (C=O) groups is 2. The van der Waals surface area contributed by atoms with Gasteiger partial charge in [0.25, 0.3) is 0 Å².